The van der Waals surface area contributed by atoms with E-state index in [0.717, 1.165) is 12.8 Å². The van der Waals surface area contributed by atoms with E-state index < -0.39 is 12.0 Å². The van der Waals surface area contributed by atoms with Crippen LogP contribution < -0.4 is 5.32 Å². The van der Waals surface area contributed by atoms with E-state index in [1.807, 2.05) is 13.0 Å². The van der Waals surface area contributed by atoms with E-state index in [2.05, 4.69) is 5.32 Å². The van der Waals surface area contributed by atoms with E-state index in [0.29, 0.717) is 6.42 Å². The molecule has 2 N–H and O–H groups in total. The Bertz CT molecular complexity index is 276. The molecule has 0 spiro atoms. The zero-order chi connectivity index (χ0) is 12.4. The Kier molecular flexibility index (Phi) is 8.35. The van der Waals surface area contributed by atoms with Gasteiger partial charge in [0, 0.05) is 0 Å². The molecule has 0 fully saturated rings. The van der Waals surface area contributed by atoms with Crippen LogP contribution in [0.15, 0.2) is 0 Å². The van der Waals surface area contributed by atoms with E-state index in [1.165, 1.54) is 11.8 Å². The van der Waals surface area contributed by atoms with Gasteiger partial charge in [-0.25, -0.2) is 4.79 Å². The summed E-state index contributed by atoms with van der Waals surface area (Å²) in [5.74, 6) is -0.973. The Morgan fingerprint density at radius 2 is 2.25 bits per heavy atom. The van der Waals surface area contributed by atoms with Crippen LogP contribution in [-0.2, 0) is 9.59 Å². The first-order valence-corrected chi connectivity index (χ1v) is 6.24. The zero-order valence-corrected chi connectivity index (χ0v) is 10.0. The van der Waals surface area contributed by atoms with Gasteiger partial charge in [0.2, 0.25) is 5.91 Å². The molecule has 0 rings (SSSR count). The lowest BCUT2D eigenvalue weighted by Crippen LogP contribution is -2.41. The van der Waals surface area contributed by atoms with Crippen molar-refractivity contribution in [2.75, 3.05) is 11.5 Å². The van der Waals surface area contributed by atoms with Gasteiger partial charge in [-0.2, -0.15) is 5.26 Å². The molecule has 1 atom stereocenters. The minimum Gasteiger partial charge on any atom is -0.480 e. The van der Waals surface area contributed by atoms with Gasteiger partial charge in [-0.1, -0.05) is 19.8 Å². The number of thioether (sulfide) groups is 1. The number of nitrogens with one attached hydrogen (secondary N) is 1. The molecule has 0 aliphatic rings. The van der Waals surface area contributed by atoms with Gasteiger partial charge in [-0.05, 0) is 6.42 Å². The number of aliphatic carboxylic acids is 1. The Hall–Kier alpha value is -1.22. The number of carbonyl (C=O) groups excluding carboxylic acids is 1. The molecule has 0 bridgehead atoms. The smallest absolute Gasteiger partial charge is 0.326 e. The van der Waals surface area contributed by atoms with Crippen LogP contribution in [0.5, 0.6) is 0 Å². The molecule has 0 radical (unpaired) electrons. The standard InChI is InChI=1S/C10H16N2O3S/c1-2-3-4-8(10(14)15)12-9(13)7-16-6-5-11/h8H,2-4,6-7H2,1H3,(H,12,13)(H,14,15)/t8-/m0/s1. The first kappa shape index (κ1) is 14.8. The highest BCUT2D eigenvalue weighted by Crippen LogP contribution is 2.02. The summed E-state index contributed by atoms with van der Waals surface area (Å²) in [7, 11) is 0. The molecule has 0 aromatic heterocycles. The van der Waals surface area contributed by atoms with Crippen molar-refractivity contribution < 1.29 is 14.7 Å². The van der Waals surface area contributed by atoms with E-state index >= 15 is 0 Å². The van der Waals surface area contributed by atoms with E-state index in [-0.39, 0.29) is 17.4 Å². The Morgan fingerprint density at radius 3 is 2.75 bits per heavy atom. The van der Waals surface area contributed by atoms with Gasteiger partial charge in [-0.15, -0.1) is 11.8 Å². The van der Waals surface area contributed by atoms with Crippen molar-refractivity contribution in [3.63, 3.8) is 0 Å². The summed E-state index contributed by atoms with van der Waals surface area (Å²) in [5, 5.41) is 19.6. The van der Waals surface area contributed by atoms with Gasteiger partial charge < -0.3 is 10.4 Å². The fourth-order valence-electron chi connectivity index (χ4n) is 1.09. The fourth-order valence-corrected chi connectivity index (χ4v) is 1.55. The number of amides is 1. The van der Waals surface area contributed by atoms with Crippen molar-refractivity contribution in [2.24, 2.45) is 0 Å². The topological polar surface area (TPSA) is 90.2 Å². The van der Waals surface area contributed by atoms with Crippen LogP contribution in [0.25, 0.3) is 0 Å². The van der Waals surface area contributed by atoms with Crippen molar-refractivity contribution >= 4 is 23.6 Å². The van der Waals surface area contributed by atoms with E-state index in [1.54, 1.807) is 0 Å². The third kappa shape index (κ3) is 7.12. The van der Waals surface area contributed by atoms with Crippen LogP contribution in [0.1, 0.15) is 26.2 Å². The van der Waals surface area contributed by atoms with Crippen molar-refractivity contribution in [3.8, 4) is 6.07 Å². The predicted molar refractivity (Wildman–Crippen MR) is 62.0 cm³/mol. The van der Waals surface area contributed by atoms with Crippen molar-refractivity contribution in [1.29, 1.82) is 5.26 Å². The summed E-state index contributed by atoms with van der Waals surface area (Å²) in [6.45, 7) is 1.96. The van der Waals surface area contributed by atoms with Crippen LogP contribution in [0.3, 0.4) is 0 Å². The lowest BCUT2D eigenvalue weighted by atomic mass is 10.1. The highest BCUT2D eigenvalue weighted by atomic mass is 32.2. The van der Waals surface area contributed by atoms with Crippen molar-refractivity contribution in [2.45, 2.75) is 32.2 Å². The van der Waals surface area contributed by atoms with Gasteiger partial charge >= 0.3 is 5.97 Å². The third-order valence-corrected chi connectivity index (χ3v) is 2.68. The van der Waals surface area contributed by atoms with Gasteiger partial charge in [0.25, 0.3) is 0 Å². The fraction of sp³-hybridized carbons (Fsp3) is 0.700. The molecule has 0 unspecified atom stereocenters. The number of hydrogen-bond donors (Lipinski definition) is 2. The quantitative estimate of drug-likeness (QED) is 0.622. The maximum absolute atomic E-state index is 11.3. The largest absolute Gasteiger partial charge is 0.480 e. The molecule has 0 heterocycles. The number of nitrogens with zero attached hydrogens (tertiary/aromatic N) is 1. The van der Waals surface area contributed by atoms with Crippen LogP contribution in [0.2, 0.25) is 0 Å². The highest BCUT2D eigenvalue weighted by molar-refractivity contribution is 8.00. The number of carboxylic acids is 1. The summed E-state index contributed by atoms with van der Waals surface area (Å²) < 4.78 is 0. The summed E-state index contributed by atoms with van der Waals surface area (Å²) in [6, 6.07) is 1.09. The van der Waals surface area contributed by atoms with Gasteiger partial charge in [0.1, 0.15) is 6.04 Å². The van der Waals surface area contributed by atoms with Crippen molar-refractivity contribution in [1.82, 2.24) is 5.32 Å². The molecule has 0 aromatic rings. The zero-order valence-electron chi connectivity index (χ0n) is 9.23. The Balaban J connectivity index is 3.94. The maximum Gasteiger partial charge on any atom is 0.326 e. The summed E-state index contributed by atoms with van der Waals surface area (Å²) in [5.41, 5.74) is 0. The molecule has 0 aliphatic carbocycles. The second kappa shape index (κ2) is 9.04. The molecule has 16 heavy (non-hydrogen) atoms. The number of rotatable bonds is 8. The van der Waals surface area contributed by atoms with E-state index in [4.69, 9.17) is 10.4 Å². The molecule has 0 saturated carbocycles. The Morgan fingerprint density at radius 1 is 1.56 bits per heavy atom. The molecule has 1 amide bonds. The maximum atomic E-state index is 11.3. The van der Waals surface area contributed by atoms with Crippen LogP contribution in [-0.4, -0.2) is 34.5 Å². The SMILES string of the molecule is CCCC[C@H](NC(=O)CSCC#N)C(=O)O. The van der Waals surface area contributed by atoms with Gasteiger partial charge in [-0.3, -0.25) is 4.79 Å². The van der Waals surface area contributed by atoms with E-state index in [9.17, 15) is 9.59 Å². The van der Waals surface area contributed by atoms with Gasteiger partial charge in [0.15, 0.2) is 0 Å². The van der Waals surface area contributed by atoms with Crippen molar-refractivity contribution in [3.05, 3.63) is 0 Å². The minimum absolute atomic E-state index is 0.128. The molecular weight excluding hydrogens is 228 g/mol. The monoisotopic (exact) mass is 244 g/mol. The number of carboxylic acid groups (broad SMARTS) is 1. The van der Waals surface area contributed by atoms with Crippen LogP contribution in [0, 0.1) is 11.3 Å². The lowest BCUT2D eigenvalue weighted by Gasteiger charge is -2.13. The van der Waals surface area contributed by atoms with Gasteiger partial charge in [0.05, 0.1) is 17.6 Å². The molecule has 0 aromatic carbocycles. The molecular formula is C10H16N2O3S. The normalized spacial score (nSPS) is 11.5. The molecule has 90 valence electrons. The molecule has 6 heteroatoms. The number of hydrogen-bond acceptors (Lipinski definition) is 4. The molecule has 0 saturated heterocycles. The van der Waals surface area contributed by atoms with Crippen LogP contribution in [0.4, 0.5) is 0 Å². The summed E-state index contributed by atoms with van der Waals surface area (Å²) >= 11 is 1.17. The highest BCUT2D eigenvalue weighted by Gasteiger charge is 2.18. The lowest BCUT2D eigenvalue weighted by molar-refractivity contribution is -0.141. The minimum atomic E-state index is -1.01. The average Bonchev–Trinajstić information content (AvgIpc) is 2.24. The first-order chi connectivity index (χ1) is 7.61. The average molecular weight is 244 g/mol. The summed E-state index contributed by atoms with van der Waals surface area (Å²) in [4.78, 5) is 22.1. The second-order valence-electron chi connectivity index (χ2n) is 3.25. The van der Waals surface area contributed by atoms with Crippen LogP contribution >= 0.6 is 11.8 Å². The second-order valence-corrected chi connectivity index (χ2v) is 4.24. The Labute approximate surface area is 99.2 Å². The first-order valence-electron chi connectivity index (χ1n) is 5.08. The summed E-state index contributed by atoms with van der Waals surface area (Å²) in [6.07, 6.45) is 2.10. The molecule has 0 aliphatic heterocycles. The predicted octanol–water partition coefficient (Wildman–Crippen LogP) is 1.00. The number of carbonyl (C=O) groups is 2. The number of nitriles is 1. The molecule has 5 nitrogen and oxygen atoms in total. The third-order valence-electron chi connectivity index (χ3n) is 1.88. The number of unbranched alkanes of at least 4 members (excludes halogenated alkanes) is 1.